The third kappa shape index (κ3) is 3.65. The zero-order chi connectivity index (χ0) is 13.7. The highest BCUT2D eigenvalue weighted by molar-refractivity contribution is 6.31. The molecule has 0 atom stereocenters. The summed E-state index contributed by atoms with van der Waals surface area (Å²) in [4.78, 5) is 2.23. The van der Waals surface area contributed by atoms with Crippen molar-refractivity contribution < 1.29 is 0 Å². The predicted octanol–water partition coefficient (Wildman–Crippen LogP) is 4.20. The van der Waals surface area contributed by atoms with Crippen LogP contribution in [-0.2, 0) is 0 Å². The summed E-state index contributed by atoms with van der Waals surface area (Å²) in [6.07, 6.45) is 0. The Kier molecular flexibility index (Phi) is 4.69. The van der Waals surface area contributed by atoms with Crippen LogP contribution in [0.4, 0.5) is 11.4 Å². The van der Waals surface area contributed by atoms with Gasteiger partial charge >= 0.3 is 0 Å². The van der Waals surface area contributed by atoms with Gasteiger partial charge in [-0.3, -0.25) is 0 Å². The quantitative estimate of drug-likeness (QED) is 0.879. The average molecular weight is 275 g/mol. The van der Waals surface area contributed by atoms with Crippen LogP contribution in [0.25, 0.3) is 0 Å². The summed E-state index contributed by atoms with van der Waals surface area (Å²) >= 11 is 6.10. The van der Waals surface area contributed by atoms with Crippen molar-refractivity contribution in [3.63, 3.8) is 0 Å². The Bertz CT molecular complexity index is 526. The normalized spacial score (nSPS) is 10.3. The summed E-state index contributed by atoms with van der Waals surface area (Å²) in [5, 5.41) is 4.24. The summed E-state index contributed by atoms with van der Waals surface area (Å²) in [6.45, 7) is 3.86. The average Bonchev–Trinajstić information content (AvgIpc) is 2.44. The lowest BCUT2D eigenvalue weighted by atomic mass is 10.2. The molecule has 0 spiro atoms. The summed E-state index contributed by atoms with van der Waals surface area (Å²) in [7, 11) is 2.10. The molecule has 0 radical (unpaired) electrons. The molecule has 0 amide bonds. The lowest BCUT2D eigenvalue weighted by Crippen LogP contribution is -2.24. The van der Waals surface area contributed by atoms with Crippen LogP contribution in [0.2, 0.25) is 5.02 Å². The lowest BCUT2D eigenvalue weighted by Gasteiger charge is -2.20. The number of nitrogens with zero attached hydrogens (tertiary/aromatic N) is 1. The highest BCUT2D eigenvalue weighted by Gasteiger charge is 2.02. The van der Waals surface area contributed by atoms with Crippen LogP contribution in [0.1, 0.15) is 5.56 Å². The predicted molar refractivity (Wildman–Crippen MR) is 84.4 cm³/mol. The van der Waals surface area contributed by atoms with Crippen molar-refractivity contribution in [2.75, 3.05) is 30.4 Å². The summed E-state index contributed by atoms with van der Waals surface area (Å²) in [6, 6.07) is 16.3. The number of hydrogen-bond donors (Lipinski definition) is 1. The third-order valence-corrected chi connectivity index (χ3v) is 3.64. The van der Waals surface area contributed by atoms with E-state index in [1.165, 1.54) is 5.69 Å². The van der Waals surface area contributed by atoms with Crippen LogP contribution in [0.15, 0.2) is 48.5 Å². The molecule has 0 aliphatic heterocycles. The first-order chi connectivity index (χ1) is 9.18. The molecule has 2 aromatic carbocycles. The van der Waals surface area contributed by atoms with Gasteiger partial charge in [-0.1, -0.05) is 35.9 Å². The van der Waals surface area contributed by atoms with Gasteiger partial charge in [-0.15, -0.1) is 0 Å². The van der Waals surface area contributed by atoms with Crippen LogP contribution >= 0.6 is 11.6 Å². The molecule has 0 heterocycles. The second kappa shape index (κ2) is 6.48. The number of para-hydroxylation sites is 1. The Morgan fingerprint density at radius 3 is 2.53 bits per heavy atom. The van der Waals surface area contributed by atoms with E-state index in [9.17, 15) is 0 Å². The topological polar surface area (TPSA) is 15.3 Å². The maximum Gasteiger partial charge on any atom is 0.0455 e. The number of benzene rings is 2. The minimum Gasteiger partial charge on any atom is -0.383 e. The Morgan fingerprint density at radius 1 is 1.05 bits per heavy atom. The molecule has 0 bridgehead atoms. The number of nitrogens with one attached hydrogen (secondary N) is 1. The fourth-order valence-corrected chi connectivity index (χ4v) is 2.14. The second-order valence-electron chi connectivity index (χ2n) is 4.60. The summed E-state index contributed by atoms with van der Waals surface area (Å²) in [5.74, 6) is 0. The van der Waals surface area contributed by atoms with Gasteiger partial charge in [0.2, 0.25) is 0 Å². The molecule has 0 fully saturated rings. The van der Waals surface area contributed by atoms with Gasteiger partial charge < -0.3 is 10.2 Å². The number of rotatable bonds is 5. The van der Waals surface area contributed by atoms with Crippen molar-refractivity contribution in [2.24, 2.45) is 0 Å². The van der Waals surface area contributed by atoms with Gasteiger partial charge in [0.15, 0.2) is 0 Å². The number of anilines is 2. The number of likely N-dealkylation sites (N-methyl/N-ethyl adjacent to an activating group) is 1. The van der Waals surface area contributed by atoms with Gasteiger partial charge in [0.25, 0.3) is 0 Å². The molecule has 3 heteroatoms. The van der Waals surface area contributed by atoms with Gasteiger partial charge in [0, 0.05) is 36.5 Å². The second-order valence-corrected chi connectivity index (χ2v) is 5.00. The fraction of sp³-hybridized carbons (Fsp3) is 0.250. The molecule has 0 unspecified atom stereocenters. The Labute approximate surface area is 120 Å². The molecule has 1 N–H and O–H groups in total. The largest absolute Gasteiger partial charge is 0.383 e. The van der Waals surface area contributed by atoms with Gasteiger partial charge in [-0.2, -0.15) is 0 Å². The molecule has 0 aromatic heterocycles. The number of halogens is 1. The SMILES string of the molecule is Cc1c(Cl)cccc1NCCN(C)c1ccccc1. The van der Waals surface area contributed by atoms with E-state index in [4.69, 9.17) is 11.6 Å². The van der Waals surface area contributed by atoms with E-state index >= 15 is 0 Å². The minimum absolute atomic E-state index is 0.807. The summed E-state index contributed by atoms with van der Waals surface area (Å²) < 4.78 is 0. The van der Waals surface area contributed by atoms with Gasteiger partial charge in [0.1, 0.15) is 0 Å². The first-order valence-electron chi connectivity index (χ1n) is 6.43. The molecule has 19 heavy (non-hydrogen) atoms. The summed E-state index contributed by atoms with van der Waals surface area (Å²) in [5.41, 5.74) is 3.44. The number of hydrogen-bond acceptors (Lipinski definition) is 2. The first-order valence-corrected chi connectivity index (χ1v) is 6.81. The molecule has 0 aliphatic carbocycles. The van der Waals surface area contributed by atoms with Crippen molar-refractivity contribution in [3.8, 4) is 0 Å². The van der Waals surface area contributed by atoms with Gasteiger partial charge in [-0.05, 0) is 36.8 Å². The zero-order valence-corrected chi connectivity index (χ0v) is 12.1. The standard InChI is InChI=1S/C16H19ClN2/c1-13-15(17)9-6-10-16(13)18-11-12-19(2)14-7-4-3-5-8-14/h3-10,18H,11-12H2,1-2H3. The maximum atomic E-state index is 6.10. The highest BCUT2D eigenvalue weighted by atomic mass is 35.5. The molecular weight excluding hydrogens is 256 g/mol. The van der Waals surface area contributed by atoms with Crippen LogP contribution < -0.4 is 10.2 Å². The van der Waals surface area contributed by atoms with Crippen molar-refractivity contribution in [1.82, 2.24) is 0 Å². The molecule has 100 valence electrons. The lowest BCUT2D eigenvalue weighted by molar-refractivity contribution is 0.914. The van der Waals surface area contributed by atoms with Crippen LogP contribution in [0.5, 0.6) is 0 Å². The van der Waals surface area contributed by atoms with Gasteiger partial charge in [-0.25, -0.2) is 0 Å². The van der Waals surface area contributed by atoms with E-state index in [1.54, 1.807) is 0 Å². The third-order valence-electron chi connectivity index (χ3n) is 3.23. The Balaban J connectivity index is 1.88. The molecule has 0 saturated carbocycles. The van der Waals surface area contributed by atoms with E-state index in [0.29, 0.717) is 0 Å². The van der Waals surface area contributed by atoms with E-state index in [1.807, 2.05) is 25.1 Å². The van der Waals surface area contributed by atoms with Crippen LogP contribution in [0.3, 0.4) is 0 Å². The van der Waals surface area contributed by atoms with E-state index in [2.05, 4.69) is 47.6 Å². The molecular formula is C16H19ClN2. The molecule has 0 saturated heterocycles. The van der Waals surface area contributed by atoms with Crippen LogP contribution in [0, 0.1) is 6.92 Å². The van der Waals surface area contributed by atoms with Crippen LogP contribution in [-0.4, -0.2) is 20.1 Å². The molecule has 2 rings (SSSR count). The highest BCUT2D eigenvalue weighted by Crippen LogP contribution is 2.22. The van der Waals surface area contributed by atoms with E-state index < -0.39 is 0 Å². The first kappa shape index (κ1) is 13.8. The smallest absolute Gasteiger partial charge is 0.0455 e. The van der Waals surface area contributed by atoms with E-state index in [-0.39, 0.29) is 0 Å². The Hall–Kier alpha value is -1.67. The van der Waals surface area contributed by atoms with Crippen molar-refractivity contribution in [1.29, 1.82) is 0 Å². The molecule has 0 aliphatic rings. The Morgan fingerprint density at radius 2 is 1.79 bits per heavy atom. The fourth-order valence-electron chi connectivity index (χ4n) is 1.97. The maximum absolute atomic E-state index is 6.10. The minimum atomic E-state index is 0.807. The van der Waals surface area contributed by atoms with Gasteiger partial charge in [0.05, 0.1) is 0 Å². The monoisotopic (exact) mass is 274 g/mol. The molecule has 2 nitrogen and oxygen atoms in total. The van der Waals surface area contributed by atoms with Crippen molar-refractivity contribution >= 4 is 23.0 Å². The van der Waals surface area contributed by atoms with E-state index in [0.717, 1.165) is 29.4 Å². The van der Waals surface area contributed by atoms with Crippen molar-refractivity contribution in [2.45, 2.75) is 6.92 Å². The molecule has 2 aromatic rings. The zero-order valence-electron chi connectivity index (χ0n) is 11.4. The van der Waals surface area contributed by atoms with Crippen molar-refractivity contribution in [3.05, 3.63) is 59.1 Å².